The van der Waals surface area contributed by atoms with E-state index in [1.165, 1.54) is 0 Å². The van der Waals surface area contributed by atoms with Crippen LogP contribution in [0.15, 0.2) is 28.7 Å². The molecule has 4 nitrogen and oxygen atoms in total. The van der Waals surface area contributed by atoms with Crippen molar-refractivity contribution in [1.29, 1.82) is 0 Å². The van der Waals surface area contributed by atoms with Crippen molar-refractivity contribution in [2.24, 2.45) is 0 Å². The van der Waals surface area contributed by atoms with Crippen LogP contribution in [-0.2, 0) is 4.79 Å². The van der Waals surface area contributed by atoms with Crippen LogP contribution in [0.3, 0.4) is 0 Å². The molecule has 1 aromatic rings. The van der Waals surface area contributed by atoms with Crippen LogP contribution in [0.4, 0.5) is 5.69 Å². The molecule has 0 aliphatic rings. The lowest BCUT2D eigenvalue weighted by Crippen LogP contribution is -2.36. The zero-order chi connectivity index (χ0) is 14.3. The first-order valence-corrected chi connectivity index (χ1v) is 7.24. The Morgan fingerprint density at radius 2 is 1.95 bits per heavy atom. The average Bonchev–Trinajstić information content (AvgIpc) is 2.37. The zero-order valence-corrected chi connectivity index (χ0v) is 13.3. The predicted octanol–water partition coefficient (Wildman–Crippen LogP) is 2.32. The van der Waals surface area contributed by atoms with Crippen molar-refractivity contribution in [3.05, 3.63) is 28.7 Å². The molecule has 1 rings (SSSR count). The maximum absolute atomic E-state index is 11.7. The quantitative estimate of drug-likeness (QED) is 0.755. The van der Waals surface area contributed by atoms with Gasteiger partial charge in [-0.15, -0.1) is 0 Å². The molecule has 0 atom stereocenters. The van der Waals surface area contributed by atoms with Crippen LogP contribution in [0.1, 0.15) is 13.8 Å². The van der Waals surface area contributed by atoms with E-state index in [1.807, 2.05) is 24.3 Å². The zero-order valence-electron chi connectivity index (χ0n) is 11.7. The molecule has 0 aliphatic carbocycles. The minimum absolute atomic E-state index is 0.0190. The first-order chi connectivity index (χ1) is 8.99. The fourth-order valence-corrected chi connectivity index (χ4v) is 1.72. The molecule has 1 amide bonds. The molecule has 0 heterocycles. The van der Waals surface area contributed by atoms with E-state index in [0.717, 1.165) is 23.2 Å². The summed E-state index contributed by atoms with van der Waals surface area (Å²) in [5.74, 6) is -0.0190. The highest BCUT2D eigenvalue weighted by Crippen LogP contribution is 2.13. The minimum Gasteiger partial charge on any atom is -0.325 e. The normalized spacial score (nSPS) is 11.1. The van der Waals surface area contributed by atoms with E-state index in [0.29, 0.717) is 12.6 Å². The molecule has 0 aliphatic heterocycles. The summed E-state index contributed by atoms with van der Waals surface area (Å²) in [6, 6.07) is 8.07. The van der Waals surface area contributed by atoms with E-state index >= 15 is 0 Å². The number of rotatable bonds is 7. The Morgan fingerprint density at radius 1 is 1.32 bits per heavy atom. The van der Waals surface area contributed by atoms with E-state index < -0.39 is 0 Å². The number of hydrogen-bond donors (Lipinski definition) is 2. The van der Waals surface area contributed by atoms with Crippen LogP contribution < -0.4 is 10.6 Å². The van der Waals surface area contributed by atoms with Crippen LogP contribution in [-0.4, -0.2) is 43.5 Å². The summed E-state index contributed by atoms with van der Waals surface area (Å²) in [6.07, 6.45) is 0. The summed E-state index contributed by atoms with van der Waals surface area (Å²) in [5, 5.41) is 5.98. The molecule has 1 aromatic carbocycles. The molecule has 0 unspecified atom stereocenters. The third-order valence-electron chi connectivity index (χ3n) is 2.94. The number of carbonyl (C=O) groups excluding carboxylic acids is 1. The highest BCUT2D eigenvalue weighted by Gasteiger charge is 2.04. The molecular formula is C14H22BrN3O. The molecule has 5 heteroatoms. The Kier molecular flexibility index (Phi) is 7.05. The van der Waals surface area contributed by atoms with Gasteiger partial charge in [0.1, 0.15) is 0 Å². The highest BCUT2D eigenvalue weighted by atomic mass is 79.9. The second kappa shape index (κ2) is 8.30. The number of halogens is 1. The molecule has 0 spiro atoms. The van der Waals surface area contributed by atoms with Gasteiger partial charge in [0.05, 0.1) is 6.54 Å². The Labute approximate surface area is 123 Å². The number of amides is 1. The molecule has 0 radical (unpaired) electrons. The van der Waals surface area contributed by atoms with Crippen LogP contribution in [0.25, 0.3) is 0 Å². The summed E-state index contributed by atoms with van der Waals surface area (Å²) >= 11 is 3.36. The average molecular weight is 328 g/mol. The standard InChI is InChI=1S/C14H22BrN3O/c1-11(2)18(3)9-8-16-10-14(19)17-13-6-4-12(15)5-7-13/h4-7,11,16H,8-10H2,1-3H3,(H,17,19). The van der Waals surface area contributed by atoms with Crippen molar-refractivity contribution in [3.63, 3.8) is 0 Å². The molecule has 0 bridgehead atoms. The van der Waals surface area contributed by atoms with Gasteiger partial charge >= 0.3 is 0 Å². The summed E-state index contributed by atoms with van der Waals surface area (Å²) < 4.78 is 1.00. The molecule has 0 saturated carbocycles. The molecule has 0 saturated heterocycles. The number of hydrogen-bond acceptors (Lipinski definition) is 3. The minimum atomic E-state index is -0.0190. The molecule has 19 heavy (non-hydrogen) atoms. The number of likely N-dealkylation sites (N-methyl/N-ethyl adjacent to an activating group) is 1. The summed E-state index contributed by atoms with van der Waals surface area (Å²) in [4.78, 5) is 13.9. The Hall–Kier alpha value is -0.910. The van der Waals surface area contributed by atoms with Crippen LogP contribution in [0.5, 0.6) is 0 Å². The largest absolute Gasteiger partial charge is 0.325 e. The molecule has 2 N–H and O–H groups in total. The van der Waals surface area contributed by atoms with Gasteiger partial charge < -0.3 is 15.5 Å². The summed E-state index contributed by atoms with van der Waals surface area (Å²) in [5.41, 5.74) is 0.814. The van der Waals surface area contributed by atoms with Crippen LogP contribution >= 0.6 is 15.9 Å². The van der Waals surface area contributed by atoms with Crippen molar-refractivity contribution in [3.8, 4) is 0 Å². The van der Waals surface area contributed by atoms with Gasteiger partial charge in [-0.05, 0) is 45.2 Å². The molecule has 0 fully saturated rings. The van der Waals surface area contributed by atoms with Gasteiger partial charge in [-0.25, -0.2) is 0 Å². The second-order valence-electron chi connectivity index (χ2n) is 4.81. The number of benzene rings is 1. The lowest BCUT2D eigenvalue weighted by Gasteiger charge is -2.20. The Bertz CT molecular complexity index is 392. The van der Waals surface area contributed by atoms with Crippen molar-refractivity contribution >= 4 is 27.5 Å². The second-order valence-corrected chi connectivity index (χ2v) is 5.72. The van der Waals surface area contributed by atoms with E-state index in [2.05, 4.69) is 52.4 Å². The van der Waals surface area contributed by atoms with Gasteiger partial charge in [0, 0.05) is 29.3 Å². The fraction of sp³-hybridized carbons (Fsp3) is 0.500. The van der Waals surface area contributed by atoms with Gasteiger partial charge in [0.15, 0.2) is 0 Å². The third kappa shape index (κ3) is 6.71. The number of carbonyl (C=O) groups is 1. The monoisotopic (exact) mass is 327 g/mol. The number of nitrogens with one attached hydrogen (secondary N) is 2. The van der Waals surface area contributed by atoms with E-state index in [4.69, 9.17) is 0 Å². The summed E-state index contributed by atoms with van der Waals surface area (Å²) in [7, 11) is 2.08. The van der Waals surface area contributed by atoms with Gasteiger partial charge in [0.25, 0.3) is 0 Å². The predicted molar refractivity (Wildman–Crippen MR) is 83.4 cm³/mol. The van der Waals surface area contributed by atoms with E-state index in [1.54, 1.807) is 0 Å². The van der Waals surface area contributed by atoms with E-state index in [9.17, 15) is 4.79 Å². The van der Waals surface area contributed by atoms with Crippen molar-refractivity contribution in [2.45, 2.75) is 19.9 Å². The van der Waals surface area contributed by atoms with Gasteiger partial charge in [-0.1, -0.05) is 15.9 Å². The van der Waals surface area contributed by atoms with Crippen molar-refractivity contribution < 1.29 is 4.79 Å². The smallest absolute Gasteiger partial charge is 0.238 e. The SMILES string of the molecule is CC(C)N(C)CCNCC(=O)Nc1ccc(Br)cc1. The first kappa shape index (κ1) is 16.1. The van der Waals surface area contributed by atoms with Gasteiger partial charge in [-0.2, -0.15) is 0 Å². The molecule has 0 aromatic heterocycles. The number of anilines is 1. The lowest BCUT2D eigenvalue weighted by molar-refractivity contribution is -0.115. The van der Waals surface area contributed by atoms with Crippen molar-refractivity contribution in [2.75, 3.05) is 32.0 Å². The van der Waals surface area contributed by atoms with E-state index in [-0.39, 0.29) is 5.91 Å². The lowest BCUT2D eigenvalue weighted by atomic mass is 10.3. The van der Waals surface area contributed by atoms with Gasteiger partial charge in [0.2, 0.25) is 5.91 Å². The van der Waals surface area contributed by atoms with Crippen LogP contribution in [0.2, 0.25) is 0 Å². The maximum atomic E-state index is 11.7. The van der Waals surface area contributed by atoms with Crippen molar-refractivity contribution in [1.82, 2.24) is 10.2 Å². The first-order valence-electron chi connectivity index (χ1n) is 6.45. The topological polar surface area (TPSA) is 44.4 Å². The Balaban J connectivity index is 2.20. The molecular weight excluding hydrogens is 306 g/mol. The van der Waals surface area contributed by atoms with Crippen LogP contribution in [0, 0.1) is 0 Å². The van der Waals surface area contributed by atoms with Gasteiger partial charge in [-0.3, -0.25) is 4.79 Å². The molecule has 106 valence electrons. The Morgan fingerprint density at radius 3 is 2.53 bits per heavy atom. The number of nitrogens with zero attached hydrogens (tertiary/aromatic N) is 1. The highest BCUT2D eigenvalue weighted by molar-refractivity contribution is 9.10. The summed E-state index contributed by atoms with van der Waals surface area (Å²) in [6.45, 7) is 6.38. The maximum Gasteiger partial charge on any atom is 0.238 e. The fourth-order valence-electron chi connectivity index (χ4n) is 1.45. The third-order valence-corrected chi connectivity index (χ3v) is 3.47.